The maximum atomic E-state index is 12.0. The summed E-state index contributed by atoms with van der Waals surface area (Å²) in [4.78, 5) is 29.2. The average Bonchev–Trinajstić information content (AvgIpc) is 2.67. The number of aliphatic carboxylic acids is 1. The van der Waals surface area contributed by atoms with Gasteiger partial charge in [0.1, 0.15) is 11.9 Å². The number of hydrogen-bond acceptors (Lipinski definition) is 4. The van der Waals surface area contributed by atoms with Crippen LogP contribution in [0.3, 0.4) is 0 Å². The SMILES string of the molecule is O=C(CN1CCCCCC1C(=O)O)Nc1ccc(Br)cn1. The fourth-order valence-electron chi connectivity index (χ4n) is 2.45. The molecule has 2 heterocycles. The van der Waals surface area contributed by atoms with Gasteiger partial charge < -0.3 is 10.4 Å². The van der Waals surface area contributed by atoms with Crippen molar-refractivity contribution in [2.75, 3.05) is 18.4 Å². The highest BCUT2D eigenvalue weighted by Crippen LogP contribution is 2.17. The topological polar surface area (TPSA) is 82.5 Å². The van der Waals surface area contributed by atoms with Crippen molar-refractivity contribution >= 4 is 33.6 Å². The summed E-state index contributed by atoms with van der Waals surface area (Å²) < 4.78 is 0.832. The highest BCUT2D eigenvalue weighted by atomic mass is 79.9. The van der Waals surface area contributed by atoms with E-state index in [2.05, 4.69) is 26.2 Å². The summed E-state index contributed by atoms with van der Waals surface area (Å²) >= 11 is 3.28. The number of carbonyl (C=O) groups excluding carboxylic acids is 1. The molecule has 0 saturated carbocycles. The normalized spacial score (nSPS) is 19.8. The van der Waals surface area contributed by atoms with Crippen LogP contribution in [0.2, 0.25) is 0 Å². The van der Waals surface area contributed by atoms with Gasteiger partial charge in [0.25, 0.3) is 0 Å². The van der Waals surface area contributed by atoms with Gasteiger partial charge in [-0.15, -0.1) is 0 Å². The lowest BCUT2D eigenvalue weighted by Crippen LogP contribution is -2.44. The van der Waals surface area contributed by atoms with Gasteiger partial charge in [-0.2, -0.15) is 0 Å². The van der Waals surface area contributed by atoms with E-state index in [1.54, 1.807) is 23.2 Å². The monoisotopic (exact) mass is 355 g/mol. The smallest absolute Gasteiger partial charge is 0.320 e. The molecule has 1 atom stereocenters. The second-order valence-electron chi connectivity index (χ2n) is 5.08. The minimum Gasteiger partial charge on any atom is -0.480 e. The fraction of sp³-hybridized carbons (Fsp3) is 0.500. The maximum Gasteiger partial charge on any atom is 0.320 e. The summed E-state index contributed by atoms with van der Waals surface area (Å²) in [5.41, 5.74) is 0. The highest BCUT2D eigenvalue weighted by Gasteiger charge is 2.28. The highest BCUT2D eigenvalue weighted by molar-refractivity contribution is 9.10. The number of amides is 1. The molecule has 0 radical (unpaired) electrons. The van der Waals surface area contributed by atoms with E-state index in [0.717, 1.165) is 23.7 Å². The molecule has 1 fully saturated rings. The van der Waals surface area contributed by atoms with E-state index < -0.39 is 12.0 Å². The third-order valence-electron chi connectivity index (χ3n) is 3.49. The van der Waals surface area contributed by atoms with Crippen LogP contribution in [0, 0.1) is 0 Å². The predicted molar refractivity (Wildman–Crippen MR) is 82.0 cm³/mol. The van der Waals surface area contributed by atoms with Crippen molar-refractivity contribution in [3.8, 4) is 0 Å². The number of nitrogens with zero attached hydrogens (tertiary/aromatic N) is 2. The van der Waals surface area contributed by atoms with Gasteiger partial charge >= 0.3 is 5.97 Å². The predicted octanol–water partition coefficient (Wildman–Crippen LogP) is 2.11. The first-order chi connectivity index (χ1) is 10.1. The summed E-state index contributed by atoms with van der Waals surface area (Å²) in [6.07, 6.45) is 5.02. The molecule has 1 aliphatic rings. The van der Waals surface area contributed by atoms with Gasteiger partial charge in [-0.3, -0.25) is 14.5 Å². The van der Waals surface area contributed by atoms with E-state index in [-0.39, 0.29) is 12.5 Å². The summed E-state index contributed by atoms with van der Waals surface area (Å²) in [7, 11) is 0. The zero-order chi connectivity index (χ0) is 15.2. The van der Waals surface area contributed by atoms with E-state index in [9.17, 15) is 14.7 Å². The number of likely N-dealkylation sites (tertiary alicyclic amines) is 1. The maximum absolute atomic E-state index is 12.0. The van der Waals surface area contributed by atoms with Gasteiger partial charge in [0.05, 0.1) is 6.54 Å². The Morgan fingerprint density at radius 2 is 2.19 bits per heavy atom. The molecule has 0 aromatic carbocycles. The van der Waals surface area contributed by atoms with Crippen LogP contribution in [0.25, 0.3) is 0 Å². The fourth-order valence-corrected chi connectivity index (χ4v) is 2.69. The van der Waals surface area contributed by atoms with Crippen molar-refractivity contribution in [1.82, 2.24) is 9.88 Å². The Bertz CT molecular complexity index is 507. The van der Waals surface area contributed by atoms with Crippen LogP contribution in [0.4, 0.5) is 5.82 Å². The van der Waals surface area contributed by atoms with Gasteiger partial charge in [0, 0.05) is 10.7 Å². The summed E-state index contributed by atoms with van der Waals surface area (Å²) in [6.45, 7) is 0.715. The lowest BCUT2D eigenvalue weighted by atomic mass is 10.1. The third-order valence-corrected chi connectivity index (χ3v) is 3.96. The number of halogens is 1. The number of rotatable bonds is 4. The Kier molecular flexibility index (Phi) is 5.69. The van der Waals surface area contributed by atoms with Crippen molar-refractivity contribution in [3.63, 3.8) is 0 Å². The minimum atomic E-state index is -0.855. The molecule has 1 amide bonds. The molecular weight excluding hydrogens is 338 g/mol. The van der Waals surface area contributed by atoms with Gasteiger partial charge in [0.2, 0.25) is 5.91 Å². The number of carboxylic acids is 1. The van der Waals surface area contributed by atoms with Crippen LogP contribution in [0.5, 0.6) is 0 Å². The Labute approximate surface area is 131 Å². The molecule has 0 aliphatic carbocycles. The van der Waals surface area contributed by atoms with Crippen molar-refractivity contribution in [3.05, 3.63) is 22.8 Å². The molecule has 1 aromatic rings. The van der Waals surface area contributed by atoms with E-state index in [0.29, 0.717) is 18.8 Å². The van der Waals surface area contributed by atoms with Gasteiger partial charge in [-0.1, -0.05) is 12.8 Å². The Morgan fingerprint density at radius 1 is 1.38 bits per heavy atom. The first-order valence-electron chi connectivity index (χ1n) is 6.94. The molecule has 7 heteroatoms. The van der Waals surface area contributed by atoms with Gasteiger partial charge in [-0.25, -0.2) is 4.98 Å². The molecule has 114 valence electrons. The molecule has 0 spiro atoms. The second kappa shape index (κ2) is 7.51. The van der Waals surface area contributed by atoms with E-state index in [1.807, 2.05) is 0 Å². The van der Waals surface area contributed by atoms with Crippen LogP contribution in [0.15, 0.2) is 22.8 Å². The number of nitrogens with one attached hydrogen (secondary N) is 1. The number of anilines is 1. The average molecular weight is 356 g/mol. The van der Waals surface area contributed by atoms with Crippen LogP contribution in [0.1, 0.15) is 25.7 Å². The molecule has 1 unspecified atom stereocenters. The van der Waals surface area contributed by atoms with Gasteiger partial charge in [0.15, 0.2) is 0 Å². The lowest BCUT2D eigenvalue weighted by Gasteiger charge is -2.25. The first-order valence-corrected chi connectivity index (χ1v) is 7.74. The molecule has 1 saturated heterocycles. The number of carboxylic acid groups (broad SMARTS) is 1. The first kappa shape index (κ1) is 15.9. The number of hydrogen-bond donors (Lipinski definition) is 2. The molecular formula is C14H18BrN3O3. The zero-order valence-electron chi connectivity index (χ0n) is 11.6. The van der Waals surface area contributed by atoms with Crippen molar-refractivity contribution in [2.45, 2.75) is 31.7 Å². The van der Waals surface area contributed by atoms with Crippen molar-refractivity contribution in [1.29, 1.82) is 0 Å². The van der Waals surface area contributed by atoms with Crippen molar-refractivity contribution < 1.29 is 14.7 Å². The number of carbonyl (C=O) groups is 2. The van der Waals surface area contributed by atoms with Crippen LogP contribution in [-0.4, -0.2) is 46.0 Å². The quantitative estimate of drug-likeness (QED) is 0.864. The van der Waals surface area contributed by atoms with E-state index >= 15 is 0 Å². The zero-order valence-corrected chi connectivity index (χ0v) is 13.2. The number of pyridine rings is 1. The third kappa shape index (κ3) is 4.78. The van der Waals surface area contributed by atoms with Crippen LogP contribution < -0.4 is 5.32 Å². The molecule has 0 bridgehead atoms. The van der Waals surface area contributed by atoms with Crippen molar-refractivity contribution in [2.24, 2.45) is 0 Å². The summed E-state index contributed by atoms with van der Waals surface area (Å²) in [5.74, 6) is -0.630. The van der Waals surface area contributed by atoms with Crippen LogP contribution in [-0.2, 0) is 9.59 Å². The molecule has 2 N–H and O–H groups in total. The Morgan fingerprint density at radius 3 is 2.86 bits per heavy atom. The van der Waals surface area contributed by atoms with E-state index in [4.69, 9.17) is 0 Å². The summed E-state index contributed by atoms with van der Waals surface area (Å²) in [6, 6.07) is 2.91. The van der Waals surface area contributed by atoms with Crippen LogP contribution >= 0.6 is 15.9 Å². The molecule has 1 aliphatic heterocycles. The Hall–Kier alpha value is -1.47. The minimum absolute atomic E-state index is 0.0781. The molecule has 1 aromatic heterocycles. The standard InChI is InChI=1S/C14H18BrN3O3/c15-10-5-6-12(16-8-10)17-13(19)9-18-7-3-1-2-4-11(18)14(20)21/h5-6,8,11H,1-4,7,9H2,(H,20,21)(H,16,17,19). The molecule has 2 rings (SSSR count). The largest absolute Gasteiger partial charge is 0.480 e. The lowest BCUT2D eigenvalue weighted by molar-refractivity contribution is -0.143. The summed E-state index contributed by atoms with van der Waals surface area (Å²) in [5, 5.41) is 12.0. The van der Waals surface area contributed by atoms with E-state index in [1.165, 1.54) is 0 Å². The molecule has 6 nitrogen and oxygen atoms in total. The van der Waals surface area contributed by atoms with Gasteiger partial charge in [-0.05, 0) is 47.4 Å². The number of aromatic nitrogens is 1. The Balaban J connectivity index is 1.96. The molecule has 21 heavy (non-hydrogen) atoms. The second-order valence-corrected chi connectivity index (χ2v) is 6.00.